The topological polar surface area (TPSA) is 29.5 Å². The van der Waals surface area contributed by atoms with Gasteiger partial charge in [0, 0.05) is 17.0 Å². The molecule has 1 heterocycles. The molecule has 0 fully saturated rings. The highest BCUT2D eigenvalue weighted by molar-refractivity contribution is 6.31. The molecule has 0 saturated carbocycles. The Morgan fingerprint density at radius 3 is 2.83 bits per heavy atom. The Bertz CT molecular complexity index is 593. The van der Waals surface area contributed by atoms with Gasteiger partial charge in [0.15, 0.2) is 0 Å². The fourth-order valence-electron chi connectivity index (χ4n) is 2.32. The Kier molecular flexibility index (Phi) is 2.98. The largest absolute Gasteiger partial charge is 0.493 e. The molecule has 92 valence electrons. The molecule has 0 aliphatic carbocycles. The predicted octanol–water partition coefficient (Wildman–Crippen LogP) is 3.43. The number of halogens is 1. The number of aliphatic hydroxyl groups is 1. The van der Waals surface area contributed by atoms with Crippen LogP contribution in [0, 0.1) is 0 Å². The smallest absolute Gasteiger partial charge is 0.128 e. The van der Waals surface area contributed by atoms with E-state index in [9.17, 15) is 5.11 Å². The average molecular weight is 261 g/mol. The normalized spacial score (nSPS) is 13.2. The monoisotopic (exact) mass is 260 g/mol. The van der Waals surface area contributed by atoms with Gasteiger partial charge in [-0.05, 0) is 28.8 Å². The van der Waals surface area contributed by atoms with Crippen molar-refractivity contribution in [2.45, 2.75) is 13.0 Å². The summed E-state index contributed by atoms with van der Waals surface area (Å²) in [6, 6.07) is 12.0. The molecule has 18 heavy (non-hydrogen) atoms. The van der Waals surface area contributed by atoms with Crippen molar-refractivity contribution >= 4 is 11.6 Å². The molecule has 1 N–H and O–H groups in total. The molecule has 0 amide bonds. The van der Waals surface area contributed by atoms with E-state index in [-0.39, 0.29) is 6.61 Å². The minimum Gasteiger partial charge on any atom is -0.493 e. The second-order valence-electron chi connectivity index (χ2n) is 4.35. The molecule has 2 nitrogen and oxygen atoms in total. The minimum absolute atomic E-state index is 0.0612. The van der Waals surface area contributed by atoms with Gasteiger partial charge in [0.1, 0.15) is 5.75 Å². The molecule has 0 atom stereocenters. The lowest BCUT2D eigenvalue weighted by molar-refractivity contribution is 0.281. The summed E-state index contributed by atoms with van der Waals surface area (Å²) in [5.41, 5.74) is 4.17. The fraction of sp³-hybridized carbons (Fsp3) is 0.200. The van der Waals surface area contributed by atoms with Crippen LogP contribution in [0.5, 0.6) is 5.75 Å². The molecule has 0 radical (unpaired) electrons. The van der Waals surface area contributed by atoms with E-state index in [4.69, 9.17) is 16.3 Å². The van der Waals surface area contributed by atoms with Crippen LogP contribution in [-0.2, 0) is 13.0 Å². The third kappa shape index (κ3) is 1.88. The highest BCUT2D eigenvalue weighted by Gasteiger charge is 2.17. The summed E-state index contributed by atoms with van der Waals surface area (Å²) in [4.78, 5) is 0. The van der Waals surface area contributed by atoms with E-state index in [1.165, 1.54) is 5.56 Å². The van der Waals surface area contributed by atoms with Crippen LogP contribution in [0.4, 0.5) is 0 Å². The molecule has 3 heteroatoms. The minimum atomic E-state index is -0.0612. The van der Waals surface area contributed by atoms with Crippen molar-refractivity contribution < 1.29 is 9.84 Å². The van der Waals surface area contributed by atoms with Crippen molar-refractivity contribution in [3.63, 3.8) is 0 Å². The Labute approximate surface area is 111 Å². The van der Waals surface area contributed by atoms with Gasteiger partial charge < -0.3 is 9.84 Å². The molecule has 1 aliphatic rings. The number of fused-ring (bicyclic) bond motifs is 3. The summed E-state index contributed by atoms with van der Waals surface area (Å²) in [5.74, 6) is 0.794. The Morgan fingerprint density at radius 2 is 2.00 bits per heavy atom. The zero-order valence-corrected chi connectivity index (χ0v) is 10.6. The number of hydrogen-bond donors (Lipinski definition) is 1. The van der Waals surface area contributed by atoms with Crippen molar-refractivity contribution in [1.82, 2.24) is 0 Å². The summed E-state index contributed by atoms with van der Waals surface area (Å²) in [7, 11) is 0. The molecule has 2 aromatic carbocycles. The van der Waals surface area contributed by atoms with E-state index in [1.807, 2.05) is 18.2 Å². The molecule has 0 saturated heterocycles. The van der Waals surface area contributed by atoms with Crippen LogP contribution >= 0.6 is 11.6 Å². The van der Waals surface area contributed by atoms with Crippen molar-refractivity contribution in [2.75, 3.05) is 6.61 Å². The summed E-state index contributed by atoms with van der Waals surface area (Å²) in [6.07, 6.45) is 0.886. The van der Waals surface area contributed by atoms with Crippen molar-refractivity contribution in [3.8, 4) is 16.9 Å². The van der Waals surface area contributed by atoms with Gasteiger partial charge in [-0.2, -0.15) is 0 Å². The second kappa shape index (κ2) is 4.63. The van der Waals surface area contributed by atoms with E-state index in [0.29, 0.717) is 11.6 Å². The first kappa shape index (κ1) is 11.6. The average Bonchev–Trinajstić information content (AvgIpc) is 2.56. The van der Waals surface area contributed by atoms with Gasteiger partial charge in [0.2, 0.25) is 0 Å². The molecule has 0 unspecified atom stereocenters. The lowest BCUT2D eigenvalue weighted by atomic mass is 9.97. The maximum absolute atomic E-state index is 9.31. The van der Waals surface area contributed by atoms with E-state index < -0.39 is 0 Å². The predicted molar refractivity (Wildman–Crippen MR) is 72.0 cm³/mol. The van der Waals surface area contributed by atoms with Crippen molar-refractivity contribution in [1.29, 1.82) is 0 Å². The standard InChI is InChI=1S/C15H13ClO2/c16-14-8-15-13(7-11(14)9-17)12-4-2-1-3-10(12)5-6-18-15/h1-4,7-8,17H,5-6,9H2. The van der Waals surface area contributed by atoms with Crippen molar-refractivity contribution in [3.05, 3.63) is 52.5 Å². The van der Waals surface area contributed by atoms with E-state index >= 15 is 0 Å². The SMILES string of the molecule is OCc1cc2c(cc1Cl)OCCc1ccccc1-2. The van der Waals surface area contributed by atoms with Crippen LogP contribution in [0.1, 0.15) is 11.1 Å². The first-order chi connectivity index (χ1) is 8.79. The van der Waals surface area contributed by atoms with Gasteiger partial charge in [-0.1, -0.05) is 35.9 Å². The highest BCUT2D eigenvalue weighted by atomic mass is 35.5. The third-order valence-corrected chi connectivity index (χ3v) is 3.61. The van der Waals surface area contributed by atoms with Gasteiger partial charge in [-0.3, -0.25) is 0 Å². The van der Waals surface area contributed by atoms with Crippen LogP contribution in [0.3, 0.4) is 0 Å². The molecule has 3 rings (SSSR count). The van der Waals surface area contributed by atoms with Gasteiger partial charge in [-0.15, -0.1) is 0 Å². The Hall–Kier alpha value is -1.51. The van der Waals surface area contributed by atoms with E-state index in [0.717, 1.165) is 28.9 Å². The molecule has 2 aromatic rings. The van der Waals surface area contributed by atoms with Gasteiger partial charge in [-0.25, -0.2) is 0 Å². The van der Waals surface area contributed by atoms with E-state index in [1.54, 1.807) is 6.07 Å². The fourth-order valence-corrected chi connectivity index (χ4v) is 2.54. The quantitative estimate of drug-likeness (QED) is 0.851. The lowest BCUT2D eigenvalue weighted by Gasteiger charge is -2.11. The summed E-state index contributed by atoms with van der Waals surface area (Å²) < 4.78 is 5.75. The Morgan fingerprint density at radius 1 is 1.17 bits per heavy atom. The second-order valence-corrected chi connectivity index (χ2v) is 4.76. The molecule has 0 bridgehead atoms. The number of ether oxygens (including phenoxy) is 1. The Balaban J connectivity index is 2.25. The first-order valence-corrected chi connectivity index (χ1v) is 6.32. The molecule has 0 spiro atoms. The van der Waals surface area contributed by atoms with Crippen molar-refractivity contribution in [2.24, 2.45) is 0 Å². The maximum atomic E-state index is 9.31. The lowest BCUT2D eigenvalue weighted by Crippen LogP contribution is -1.98. The number of rotatable bonds is 1. The summed E-state index contributed by atoms with van der Waals surface area (Å²) in [5, 5.41) is 9.86. The maximum Gasteiger partial charge on any atom is 0.128 e. The van der Waals surface area contributed by atoms with Crippen LogP contribution < -0.4 is 4.74 Å². The third-order valence-electron chi connectivity index (χ3n) is 3.26. The molecule has 1 aliphatic heterocycles. The number of aliphatic hydroxyl groups excluding tert-OH is 1. The first-order valence-electron chi connectivity index (χ1n) is 5.94. The zero-order valence-electron chi connectivity index (χ0n) is 9.82. The molecular weight excluding hydrogens is 248 g/mol. The highest BCUT2D eigenvalue weighted by Crippen LogP contribution is 2.38. The van der Waals surface area contributed by atoms with Crippen LogP contribution in [0.25, 0.3) is 11.1 Å². The number of benzene rings is 2. The summed E-state index contributed by atoms with van der Waals surface area (Å²) in [6.45, 7) is 0.590. The van der Waals surface area contributed by atoms with Gasteiger partial charge in [0.05, 0.1) is 13.2 Å². The summed E-state index contributed by atoms with van der Waals surface area (Å²) >= 11 is 6.10. The van der Waals surface area contributed by atoms with Gasteiger partial charge >= 0.3 is 0 Å². The zero-order chi connectivity index (χ0) is 12.5. The van der Waals surface area contributed by atoms with Crippen LogP contribution in [0.15, 0.2) is 36.4 Å². The van der Waals surface area contributed by atoms with Gasteiger partial charge in [0.25, 0.3) is 0 Å². The van der Waals surface area contributed by atoms with E-state index in [2.05, 4.69) is 12.1 Å². The molecular formula is C15H13ClO2. The molecule has 0 aromatic heterocycles. The number of hydrogen-bond acceptors (Lipinski definition) is 2. The van der Waals surface area contributed by atoms with Crippen LogP contribution in [-0.4, -0.2) is 11.7 Å². The van der Waals surface area contributed by atoms with Crippen LogP contribution in [0.2, 0.25) is 5.02 Å².